The molecule has 5 rings (SSSR count). The highest BCUT2D eigenvalue weighted by Crippen LogP contribution is 2.47. The number of methoxy groups -OCH3 is 1. The van der Waals surface area contributed by atoms with Gasteiger partial charge in [0.15, 0.2) is 0 Å². The first-order valence-electron chi connectivity index (χ1n) is 15.7. The van der Waals surface area contributed by atoms with Gasteiger partial charge in [0.05, 0.1) is 24.0 Å². The van der Waals surface area contributed by atoms with Crippen LogP contribution in [0.15, 0.2) is 48.0 Å². The monoisotopic (exact) mass is 659 g/mol. The maximum absolute atomic E-state index is 12.0. The van der Waals surface area contributed by atoms with Crippen LogP contribution in [0, 0.1) is 17.8 Å². The average molecular weight is 660 g/mol. The van der Waals surface area contributed by atoms with Gasteiger partial charge in [-0.2, -0.15) is 12.7 Å². The number of nitrogens with zero attached hydrogens (tertiary/aromatic N) is 2. The highest BCUT2D eigenvalue weighted by Gasteiger charge is 2.45. The summed E-state index contributed by atoms with van der Waals surface area (Å²) in [5, 5.41) is 16.0. The van der Waals surface area contributed by atoms with Crippen molar-refractivity contribution in [3.63, 3.8) is 0 Å². The molecule has 2 aromatic carbocycles. The number of carboxylic acid groups (broad SMARTS) is 1. The van der Waals surface area contributed by atoms with Crippen molar-refractivity contribution >= 4 is 33.5 Å². The molecule has 3 N–H and O–H groups in total. The number of rotatable bonds is 10. The molecule has 11 heteroatoms. The summed E-state index contributed by atoms with van der Waals surface area (Å²) in [6.07, 6.45) is 6.99. The molecule has 9 nitrogen and oxygen atoms in total. The molecule has 1 saturated carbocycles. The second-order valence-electron chi connectivity index (χ2n) is 13.3. The average Bonchev–Trinajstić information content (AvgIpc) is 3.13. The Labute approximate surface area is 272 Å². The molecule has 2 aliphatic carbocycles. The van der Waals surface area contributed by atoms with E-state index in [0.717, 1.165) is 54.9 Å². The number of hydrogen-bond acceptors (Lipinski definition) is 6. The summed E-state index contributed by atoms with van der Waals surface area (Å²) in [4.78, 5) is 14.4. The summed E-state index contributed by atoms with van der Waals surface area (Å²) in [6, 6.07) is 11.0. The van der Waals surface area contributed by atoms with Crippen LogP contribution in [-0.2, 0) is 26.8 Å². The van der Waals surface area contributed by atoms with Crippen LogP contribution in [0.4, 0.5) is 5.69 Å². The second-order valence-corrected chi connectivity index (χ2v) is 15.4. The van der Waals surface area contributed by atoms with E-state index in [1.54, 1.807) is 25.3 Å². The molecule has 0 radical (unpaired) electrons. The van der Waals surface area contributed by atoms with Crippen molar-refractivity contribution in [3.8, 4) is 5.75 Å². The van der Waals surface area contributed by atoms with Gasteiger partial charge in [0.2, 0.25) is 0 Å². The Morgan fingerprint density at radius 2 is 2.02 bits per heavy atom. The number of hydrogen-bond donors (Lipinski definition) is 2. The zero-order chi connectivity index (χ0) is 32.7. The number of carboxylic acids is 1. The predicted octanol–water partition coefficient (Wildman–Crippen LogP) is 5.66. The zero-order valence-electron chi connectivity index (χ0n) is 26.8. The Bertz CT molecular complexity index is 1560. The Morgan fingerprint density at radius 3 is 2.67 bits per heavy atom. The Kier molecular flexibility index (Phi) is 9.92. The topological polar surface area (TPSA) is 122 Å². The van der Waals surface area contributed by atoms with Crippen LogP contribution in [0.5, 0.6) is 5.75 Å². The number of benzene rings is 2. The van der Waals surface area contributed by atoms with Gasteiger partial charge in [0.25, 0.3) is 10.2 Å². The molecule has 1 unspecified atom stereocenters. The van der Waals surface area contributed by atoms with Gasteiger partial charge >= 0.3 is 5.97 Å². The Hall–Kier alpha value is -2.63. The molecule has 2 aromatic rings. The zero-order valence-corrected chi connectivity index (χ0v) is 28.4. The summed E-state index contributed by atoms with van der Waals surface area (Å²) in [5.74, 6) is 0.229. The minimum Gasteiger partial charge on any atom is -0.490 e. The van der Waals surface area contributed by atoms with Gasteiger partial charge in [-0.1, -0.05) is 30.7 Å². The van der Waals surface area contributed by atoms with Gasteiger partial charge in [-0.05, 0) is 111 Å². The molecule has 6 atom stereocenters. The van der Waals surface area contributed by atoms with Crippen molar-refractivity contribution in [2.45, 2.75) is 70.4 Å². The third-order valence-corrected chi connectivity index (χ3v) is 11.9. The fourth-order valence-corrected chi connectivity index (χ4v) is 8.51. The largest absolute Gasteiger partial charge is 0.490 e. The van der Waals surface area contributed by atoms with Crippen molar-refractivity contribution in [3.05, 3.63) is 69.8 Å². The van der Waals surface area contributed by atoms with E-state index in [1.807, 2.05) is 19.9 Å². The van der Waals surface area contributed by atoms with Gasteiger partial charge in [0, 0.05) is 43.7 Å². The molecule has 3 aliphatic rings. The number of halogens is 1. The van der Waals surface area contributed by atoms with Gasteiger partial charge in [-0.3, -0.25) is 0 Å². The molecule has 246 valence electrons. The summed E-state index contributed by atoms with van der Waals surface area (Å²) < 4.78 is 37.7. The normalized spacial score (nSPS) is 25.4. The predicted molar refractivity (Wildman–Crippen MR) is 177 cm³/mol. The minimum absolute atomic E-state index is 0.0756. The number of anilines is 1. The molecule has 0 aromatic heterocycles. The summed E-state index contributed by atoms with van der Waals surface area (Å²) in [6.45, 7) is 7.85. The van der Waals surface area contributed by atoms with Crippen molar-refractivity contribution in [1.82, 2.24) is 4.31 Å². The van der Waals surface area contributed by atoms with E-state index in [2.05, 4.69) is 30.0 Å². The van der Waals surface area contributed by atoms with E-state index in [-0.39, 0.29) is 35.0 Å². The number of ether oxygens (including phenoxy) is 2. The molecule has 0 amide bonds. The van der Waals surface area contributed by atoms with E-state index < -0.39 is 16.2 Å². The van der Waals surface area contributed by atoms with Crippen LogP contribution in [0.25, 0.3) is 0 Å². The number of aromatic carboxylic acids is 1. The molecule has 1 fully saturated rings. The molecule has 45 heavy (non-hydrogen) atoms. The first kappa shape index (κ1) is 33.7. The number of aryl methyl sites for hydroxylation is 1. The SMILES string of the molecule is CO[C@@H](/C(C)=C/C(C)[C@H](C)N(C)S(N)(=O)=O)[C@@H]1CC[C@H]1CN1C[C@@]2(CCCc3cc(Cl)ccc32)COc2ccc(C(=O)O)cc21. The lowest BCUT2D eigenvalue weighted by molar-refractivity contribution is 0.00592. The number of nitrogens with two attached hydrogens (primary N) is 1. The summed E-state index contributed by atoms with van der Waals surface area (Å²) >= 11 is 6.40. The minimum atomic E-state index is -3.80. The molecule has 1 aliphatic heterocycles. The van der Waals surface area contributed by atoms with Gasteiger partial charge in [-0.15, -0.1) is 0 Å². The first-order chi connectivity index (χ1) is 21.2. The second kappa shape index (κ2) is 13.2. The lowest BCUT2D eigenvalue weighted by Gasteiger charge is -2.46. The molecule has 0 saturated heterocycles. The lowest BCUT2D eigenvalue weighted by atomic mass is 9.67. The highest BCUT2D eigenvalue weighted by molar-refractivity contribution is 7.86. The third kappa shape index (κ3) is 6.90. The summed E-state index contributed by atoms with van der Waals surface area (Å²) in [7, 11) is -0.567. The van der Waals surface area contributed by atoms with Crippen LogP contribution in [0.2, 0.25) is 5.02 Å². The van der Waals surface area contributed by atoms with Crippen LogP contribution in [-0.4, -0.2) is 69.8 Å². The molecule has 0 bridgehead atoms. The quantitative estimate of drug-likeness (QED) is 0.316. The maximum Gasteiger partial charge on any atom is 0.335 e. The van der Waals surface area contributed by atoms with E-state index >= 15 is 0 Å². The smallest absolute Gasteiger partial charge is 0.335 e. The lowest BCUT2D eigenvalue weighted by Crippen LogP contribution is -2.50. The highest BCUT2D eigenvalue weighted by atomic mass is 35.5. The van der Waals surface area contributed by atoms with Crippen molar-refractivity contribution in [2.24, 2.45) is 22.9 Å². The number of carbonyl (C=O) groups is 1. The van der Waals surface area contributed by atoms with Gasteiger partial charge in [0.1, 0.15) is 5.75 Å². The van der Waals surface area contributed by atoms with Crippen molar-refractivity contribution in [2.75, 3.05) is 38.8 Å². The fraction of sp³-hybridized carbons (Fsp3) is 0.559. The molecular formula is C34H46ClN3O6S. The van der Waals surface area contributed by atoms with E-state index in [9.17, 15) is 18.3 Å². The van der Waals surface area contributed by atoms with Gasteiger partial charge < -0.3 is 19.5 Å². The van der Waals surface area contributed by atoms with Crippen LogP contribution < -0.4 is 14.8 Å². The third-order valence-electron chi connectivity index (χ3n) is 10.6. The summed E-state index contributed by atoms with van der Waals surface area (Å²) in [5.41, 5.74) is 4.38. The van der Waals surface area contributed by atoms with Crippen molar-refractivity contribution < 1.29 is 27.8 Å². The first-order valence-corrected chi connectivity index (χ1v) is 17.6. The maximum atomic E-state index is 12.0. The van der Waals surface area contributed by atoms with Gasteiger partial charge in [-0.25, -0.2) is 9.93 Å². The van der Waals surface area contributed by atoms with Crippen LogP contribution in [0.3, 0.4) is 0 Å². The molecule has 1 spiro atoms. The van der Waals surface area contributed by atoms with E-state index in [4.69, 9.17) is 26.2 Å². The van der Waals surface area contributed by atoms with E-state index in [1.165, 1.54) is 22.5 Å². The standard InChI is InChI=1S/C34H46ClN3O6S/c1-21(23(3)37(4)45(36,41)42)15-22(2)32(43-5)28-11-8-26(28)18-38-19-34(14-6-7-24-16-27(35)10-12-29(24)34)20-44-31-13-9-25(33(39)40)17-30(31)38/h9-10,12-13,15-17,21,23,26,28,32H,6-8,11,14,18-20H2,1-5H3,(H,39,40)(H2,36,41,42)/b22-15+/t21?,23-,26-,28+,32-,34-/m0/s1. The Balaban J connectivity index is 1.44. The Morgan fingerprint density at radius 1 is 1.27 bits per heavy atom. The van der Waals surface area contributed by atoms with Crippen LogP contribution >= 0.6 is 11.6 Å². The number of fused-ring (bicyclic) bond motifs is 3. The van der Waals surface area contributed by atoms with Crippen LogP contribution in [0.1, 0.15) is 67.9 Å². The molecule has 1 heterocycles. The molecular weight excluding hydrogens is 614 g/mol. The van der Waals surface area contributed by atoms with Crippen molar-refractivity contribution in [1.29, 1.82) is 0 Å². The fourth-order valence-electron chi connectivity index (χ4n) is 7.66. The van der Waals surface area contributed by atoms with E-state index in [0.29, 0.717) is 24.8 Å².